The van der Waals surface area contributed by atoms with Crippen molar-refractivity contribution in [2.45, 2.75) is 52.6 Å². The van der Waals surface area contributed by atoms with Gasteiger partial charge in [0.05, 0.1) is 6.61 Å². The lowest BCUT2D eigenvalue weighted by molar-refractivity contribution is -0.139. The summed E-state index contributed by atoms with van der Waals surface area (Å²) in [5.74, 6) is -0.201. The predicted octanol–water partition coefficient (Wildman–Crippen LogP) is 5.78. The van der Waals surface area contributed by atoms with Crippen LogP contribution in [0.5, 0.6) is 5.88 Å². The van der Waals surface area contributed by atoms with Crippen LogP contribution in [0.4, 0.5) is 24.8 Å². The lowest BCUT2D eigenvalue weighted by atomic mass is 10.1. The number of nitrogens with zero attached hydrogens (tertiary/aromatic N) is 3. The average molecular weight is 381 g/mol. The van der Waals surface area contributed by atoms with Crippen molar-refractivity contribution in [2.24, 2.45) is 0 Å². The molecule has 1 aromatic carbocycles. The third-order valence-electron chi connectivity index (χ3n) is 4.25. The number of unbranched alkanes of at least 4 members (excludes halogenated alkanes) is 2. The highest BCUT2D eigenvalue weighted by molar-refractivity contribution is 5.62. The number of anilines is 2. The fourth-order valence-corrected chi connectivity index (χ4v) is 2.81. The monoisotopic (exact) mass is 381 g/mol. The van der Waals surface area contributed by atoms with Crippen LogP contribution in [0, 0.1) is 0 Å². The van der Waals surface area contributed by atoms with Gasteiger partial charge in [-0.1, -0.05) is 44.9 Å². The molecule has 2 rings (SSSR count). The number of aryl methyl sites for hydroxylation is 1. The van der Waals surface area contributed by atoms with Crippen LogP contribution in [0.25, 0.3) is 0 Å². The Bertz CT molecular complexity index is 735. The summed E-state index contributed by atoms with van der Waals surface area (Å²) < 4.78 is 45.3. The van der Waals surface area contributed by atoms with Crippen LogP contribution in [0.1, 0.15) is 51.2 Å². The number of para-hydroxylation sites is 1. The smallest absolute Gasteiger partial charge is 0.423 e. The summed E-state index contributed by atoms with van der Waals surface area (Å²) in [6.07, 6.45) is -0.408. The molecule has 0 unspecified atom stereocenters. The first-order valence-electron chi connectivity index (χ1n) is 9.34. The normalized spacial score (nSPS) is 11.5. The highest BCUT2D eigenvalue weighted by Gasteiger charge is 2.36. The van der Waals surface area contributed by atoms with E-state index in [1.807, 2.05) is 45.0 Å². The number of benzene rings is 1. The second kappa shape index (κ2) is 9.58. The highest BCUT2D eigenvalue weighted by atomic mass is 19.4. The quantitative estimate of drug-likeness (QED) is 0.516. The minimum absolute atomic E-state index is 0.199. The Kier molecular flexibility index (Phi) is 7.45. The van der Waals surface area contributed by atoms with Gasteiger partial charge in [0.25, 0.3) is 0 Å². The second-order valence-corrected chi connectivity index (χ2v) is 6.17. The van der Waals surface area contributed by atoms with E-state index >= 15 is 0 Å². The third kappa shape index (κ3) is 5.34. The molecule has 0 spiro atoms. The Morgan fingerprint density at radius 2 is 1.81 bits per heavy atom. The summed E-state index contributed by atoms with van der Waals surface area (Å²) in [6, 6.07) is 7.74. The first kappa shape index (κ1) is 21.0. The number of hydrogen-bond donors (Lipinski definition) is 0. The van der Waals surface area contributed by atoms with Gasteiger partial charge in [-0.15, -0.1) is 0 Å². The van der Waals surface area contributed by atoms with Crippen LogP contribution in [0.2, 0.25) is 0 Å². The van der Waals surface area contributed by atoms with Crippen LogP contribution in [0.15, 0.2) is 30.5 Å². The largest absolute Gasteiger partial charge is 0.477 e. The van der Waals surface area contributed by atoms with E-state index in [0.29, 0.717) is 13.0 Å². The first-order valence-corrected chi connectivity index (χ1v) is 9.34. The Morgan fingerprint density at radius 1 is 1.07 bits per heavy atom. The van der Waals surface area contributed by atoms with E-state index in [1.54, 1.807) is 4.90 Å². The molecule has 0 aliphatic carbocycles. The first-order chi connectivity index (χ1) is 12.9. The molecule has 0 N–H and O–H groups in total. The van der Waals surface area contributed by atoms with Gasteiger partial charge in [-0.25, -0.2) is 4.98 Å². The molecule has 0 aliphatic heterocycles. The molecule has 0 fully saturated rings. The zero-order chi connectivity index (χ0) is 19.9. The number of rotatable bonds is 9. The summed E-state index contributed by atoms with van der Waals surface area (Å²) >= 11 is 0. The van der Waals surface area contributed by atoms with Crippen molar-refractivity contribution in [3.63, 3.8) is 0 Å². The second-order valence-electron chi connectivity index (χ2n) is 6.17. The van der Waals surface area contributed by atoms with E-state index in [2.05, 4.69) is 9.97 Å². The Hall–Kier alpha value is -2.31. The minimum Gasteiger partial charge on any atom is -0.477 e. The average Bonchev–Trinajstić information content (AvgIpc) is 2.65. The molecule has 0 saturated carbocycles. The maximum atomic E-state index is 13.3. The third-order valence-corrected chi connectivity index (χ3v) is 4.25. The summed E-state index contributed by atoms with van der Waals surface area (Å²) in [4.78, 5) is 9.92. The lowest BCUT2D eigenvalue weighted by Crippen LogP contribution is -2.22. The van der Waals surface area contributed by atoms with Gasteiger partial charge in [0.2, 0.25) is 11.8 Å². The van der Waals surface area contributed by atoms with E-state index in [0.717, 1.165) is 36.7 Å². The van der Waals surface area contributed by atoms with E-state index in [1.165, 1.54) is 0 Å². The summed E-state index contributed by atoms with van der Waals surface area (Å²) in [6.45, 7) is 6.69. The lowest BCUT2D eigenvalue weighted by Gasteiger charge is -2.24. The van der Waals surface area contributed by atoms with Gasteiger partial charge >= 0.3 is 6.18 Å². The van der Waals surface area contributed by atoms with Gasteiger partial charge in [-0.3, -0.25) is 0 Å². The molecule has 148 valence electrons. The zero-order valence-corrected chi connectivity index (χ0v) is 16.0. The Morgan fingerprint density at radius 3 is 2.44 bits per heavy atom. The Balaban J connectivity index is 2.40. The number of alkyl halides is 3. The number of aromatic nitrogens is 2. The van der Waals surface area contributed by atoms with Gasteiger partial charge in [0.1, 0.15) is 5.56 Å². The Labute approximate surface area is 158 Å². The molecule has 1 heterocycles. The molecule has 7 heteroatoms. The summed E-state index contributed by atoms with van der Waals surface area (Å²) in [5.41, 5.74) is 1.02. The molecular formula is C20H26F3N3O. The fourth-order valence-electron chi connectivity index (χ4n) is 2.81. The van der Waals surface area contributed by atoms with E-state index in [-0.39, 0.29) is 12.6 Å². The summed E-state index contributed by atoms with van der Waals surface area (Å²) in [5, 5.41) is 0. The van der Waals surface area contributed by atoms with E-state index in [4.69, 9.17) is 4.74 Å². The standard InChI is InChI=1S/C20H26F3N3O/c1-4-7-10-13-27-18-16(20(21,22)23)14-24-19(25-18)26(6-3)17-12-9-8-11-15(17)5-2/h8-9,11-12,14H,4-7,10,13H2,1-3H3. The van der Waals surface area contributed by atoms with Gasteiger partial charge in [-0.2, -0.15) is 18.2 Å². The van der Waals surface area contributed by atoms with E-state index < -0.39 is 17.6 Å². The SMILES string of the molecule is CCCCCOc1nc(N(CC)c2ccccc2CC)ncc1C(F)(F)F. The topological polar surface area (TPSA) is 38.2 Å². The van der Waals surface area contributed by atoms with Gasteiger partial charge in [0.15, 0.2) is 0 Å². The molecule has 0 amide bonds. The molecule has 0 aliphatic rings. The number of ether oxygens (including phenoxy) is 1. The highest BCUT2D eigenvalue weighted by Crippen LogP contribution is 2.36. The van der Waals surface area contributed by atoms with Crippen LogP contribution >= 0.6 is 0 Å². The maximum absolute atomic E-state index is 13.3. The molecular weight excluding hydrogens is 355 g/mol. The molecule has 0 radical (unpaired) electrons. The van der Waals surface area contributed by atoms with Crippen molar-refractivity contribution >= 4 is 11.6 Å². The minimum atomic E-state index is -4.56. The van der Waals surface area contributed by atoms with Crippen LogP contribution in [-0.4, -0.2) is 23.1 Å². The molecule has 4 nitrogen and oxygen atoms in total. The molecule has 2 aromatic rings. The van der Waals surface area contributed by atoms with Crippen LogP contribution in [0.3, 0.4) is 0 Å². The zero-order valence-electron chi connectivity index (χ0n) is 16.0. The van der Waals surface area contributed by atoms with Crippen LogP contribution in [-0.2, 0) is 12.6 Å². The maximum Gasteiger partial charge on any atom is 0.423 e. The number of halogens is 3. The predicted molar refractivity (Wildman–Crippen MR) is 101 cm³/mol. The molecule has 0 saturated heterocycles. The van der Waals surface area contributed by atoms with Crippen molar-refractivity contribution in [3.05, 3.63) is 41.6 Å². The molecule has 27 heavy (non-hydrogen) atoms. The molecule has 0 atom stereocenters. The van der Waals surface area contributed by atoms with Crippen molar-refractivity contribution in [2.75, 3.05) is 18.1 Å². The van der Waals surface area contributed by atoms with Crippen molar-refractivity contribution in [1.29, 1.82) is 0 Å². The summed E-state index contributed by atoms with van der Waals surface area (Å²) in [7, 11) is 0. The number of hydrogen-bond acceptors (Lipinski definition) is 4. The van der Waals surface area contributed by atoms with Crippen LogP contribution < -0.4 is 9.64 Å². The fraction of sp³-hybridized carbons (Fsp3) is 0.500. The van der Waals surface area contributed by atoms with Crippen molar-refractivity contribution in [1.82, 2.24) is 9.97 Å². The van der Waals surface area contributed by atoms with Crippen molar-refractivity contribution < 1.29 is 17.9 Å². The van der Waals surface area contributed by atoms with E-state index in [9.17, 15) is 13.2 Å². The van der Waals surface area contributed by atoms with Gasteiger partial charge in [-0.05, 0) is 31.4 Å². The van der Waals surface area contributed by atoms with Gasteiger partial charge in [0, 0.05) is 18.4 Å². The van der Waals surface area contributed by atoms with Gasteiger partial charge < -0.3 is 9.64 Å². The molecule has 1 aromatic heterocycles. The van der Waals surface area contributed by atoms with Crippen molar-refractivity contribution in [3.8, 4) is 5.88 Å². The molecule has 0 bridgehead atoms.